The van der Waals surface area contributed by atoms with E-state index in [1.807, 2.05) is 24.3 Å². The lowest BCUT2D eigenvalue weighted by Gasteiger charge is -2.17. The zero-order valence-electron chi connectivity index (χ0n) is 12.1. The molecule has 1 N–H and O–H groups in total. The molecule has 5 nitrogen and oxygen atoms in total. The van der Waals surface area contributed by atoms with Gasteiger partial charge in [0, 0.05) is 18.4 Å². The Kier molecular flexibility index (Phi) is 4.89. The van der Waals surface area contributed by atoms with Crippen LogP contribution < -0.4 is 10.2 Å². The second kappa shape index (κ2) is 7.04. The number of rotatable bonds is 4. The van der Waals surface area contributed by atoms with Gasteiger partial charge >= 0.3 is 0 Å². The molecule has 0 radical (unpaired) electrons. The van der Waals surface area contributed by atoms with Crippen LogP contribution in [0.5, 0.6) is 0 Å². The molecule has 2 amide bonds. The summed E-state index contributed by atoms with van der Waals surface area (Å²) in [6.45, 7) is 0. The quantitative estimate of drug-likeness (QED) is 0.880. The van der Waals surface area contributed by atoms with E-state index in [1.165, 1.54) is 4.90 Å². The summed E-state index contributed by atoms with van der Waals surface area (Å²) in [4.78, 5) is 25.4. The first-order valence-corrected chi connectivity index (χ1v) is 6.72. The van der Waals surface area contributed by atoms with Crippen molar-refractivity contribution in [2.24, 2.45) is 0 Å². The first-order chi connectivity index (χ1) is 10.6. The van der Waals surface area contributed by atoms with E-state index in [2.05, 4.69) is 5.32 Å². The van der Waals surface area contributed by atoms with Gasteiger partial charge in [0.05, 0.1) is 11.6 Å². The Hall–Kier alpha value is -3.13. The largest absolute Gasteiger partial charge is 0.326 e. The minimum absolute atomic E-state index is 0.262. The molecule has 0 heterocycles. The van der Waals surface area contributed by atoms with Crippen LogP contribution >= 0.6 is 0 Å². The van der Waals surface area contributed by atoms with Gasteiger partial charge in [-0.15, -0.1) is 0 Å². The van der Waals surface area contributed by atoms with Crippen LogP contribution in [0.3, 0.4) is 0 Å². The van der Waals surface area contributed by atoms with Gasteiger partial charge in [-0.25, -0.2) is 0 Å². The molecule has 5 heteroatoms. The van der Waals surface area contributed by atoms with E-state index < -0.39 is 5.91 Å². The highest BCUT2D eigenvalue weighted by atomic mass is 16.2. The van der Waals surface area contributed by atoms with Crippen LogP contribution in [0.1, 0.15) is 12.0 Å². The third-order valence-electron chi connectivity index (χ3n) is 3.10. The molecule has 2 rings (SSSR count). The van der Waals surface area contributed by atoms with Gasteiger partial charge in [0.25, 0.3) is 0 Å². The lowest BCUT2D eigenvalue weighted by Crippen LogP contribution is -2.30. The van der Waals surface area contributed by atoms with E-state index in [0.717, 1.165) is 5.69 Å². The van der Waals surface area contributed by atoms with Gasteiger partial charge in [-0.3, -0.25) is 9.59 Å². The Morgan fingerprint density at radius 2 is 1.86 bits per heavy atom. The van der Waals surface area contributed by atoms with E-state index in [0.29, 0.717) is 11.3 Å². The Morgan fingerprint density at radius 3 is 2.55 bits per heavy atom. The molecule has 0 unspecified atom stereocenters. The van der Waals surface area contributed by atoms with E-state index in [1.54, 1.807) is 43.4 Å². The Labute approximate surface area is 128 Å². The second-order valence-corrected chi connectivity index (χ2v) is 4.71. The fourth-order valence-electron chi connectivity index (χ4n) is 1.92. The third kappa shape index (κ3) is 3.93. The highest BCUT2D eigenvalue weighted by molar-refractivity contribution is 6.08. The van der Waals surface area contributed by atoms with Crippen LogP contribution in [0.4, 0.5) is 11.4 Å². The molecule has 0 spiro atoms. The van der Waals surface area contributed by atoms with Crippen molar-refractivity contribution in [3.8, 4) is 6.07 Å². The summed E-state index contributed by atoms with van der Waals surface area (Å²) in [6, 6.07) is 17.6. The molecule has 2 aromatic carbocycles. The number of nitrogens with one attached hydrogen (secondary N) is 1. The van der Waals surface area contributed by atoms with Gasteiger partial charge in [-0.05, 0) is 30.3 Å². The van der Waals surface area contributed by atoms with Gasteiger partial charge in [0.2, 0.25) is 11.8 Å². The Bertz CT molecular complexity index is 720. The number of nitriles is 1. The standard InChI is InChI=1S/C17H15N3O2/c1-20(15-8-3-2-4-9-15)17(22)11-16(21)19-14-7-5-6-13(10-14)12-18/h2-10H,11H2,1H3,(H,19,21). The van der Waals surface area contributed by atoms with Crippen molar-refractivity contribution in [2.75, 3.05) is 17.3 Å². The van der Waals surface area contributed by atoms with Crippen LogP contribution in [0, 0.1) is 11.3 Å². The number of anilines is 2. The average molecular weight is 293 g/mol. The minimum atomic E-state index is -0.414. The molecule has 2 aromatic rings. The van der Waals surface area contributed by atoms with Gasteiger partial charge in [-0.2, -0.15) is 5.26 Å². The summed E-state index contributed by atoms with van der Waals surface area (Å²) in [5, 5.41) is 11.4. The molecule has 22 heavy (non-hydrogen) atoms. The van der Waals surface area contributed by atoms with Crippen molar-refractivity contribution in [1.29, 1.82) is 5.26 Å². The Balaban J connectivity index is 1.97. The van der Waals surface area contributed by atoms with E-state index in [9.17, 15) is 9.59 Å². The first-order valence-electron chi connectivity index (χ1n) is 6.72. The maximum absolute atomic E-state index is 12.1. The monoisotopic (exact) mass is 293 g/mol. The highest BCUT2D eigenvalue weighted by Gasteiger charge is 2.15. The van der Waals surface area contributed by atoms with E-state index in [4.69, 9.17) is 5.26 Å². The fourth-order valence-corrected chi connectivity index (χ4v) is 1.92. The van der Waals surface area contributed by atoms with Gasteiger partial charge < -0.3 is 10.2 Å². The number of benzene rings is 2. The van der Waals surface area contributed by atoms with Crippen molar-refractivity contribution in [1.82, 2.24) is 0 Å². The molecule has 0 saturated carbocycles. The van der Waals surface area contributed by atoms with Crippen LogP contribution in [0.2, 0.25) is 0 Å². The zero-order chi connectivity index (χ0) is 15.9. The maximum Gasteiger partial charge on any atom is 0.236 e. The SMILES string of the molecule is CN(C(=O)CC(=O)Nc1cccc(C#N)c1)c1ccccc1. The molecular formula is C17H15N3O2. The lowest BCUT2D eigenvalue weighted by atomic mass is 10.2. The van der Waals surface area contributed by atoms with Crippen molar-refractivity contribution in [3.63, 3.8) is 0 Å². The summed E-state index contributed by atoms with van der Waals surface area (Å²) in [7, 11) is 1.63. The first kappa shape index (κ1) is 15.3. The molecule has 0 aliphatic rings. The molecule has 0 aliphatic heterocycles. The highest BCUT2D eigenvalue weighted by Crippen LogP contribution is 2.13. The number of hydrogen-bond donors (Lipinski definition) is 1. The molecule has 0 saturated heterocycles. The number of hydrogen-bond acceptors (Lipinski definition) is 3. The van der Waals surface area contributed by atoms with Crippen molar-refractivity contribution < 1.29 is 9.59 Å². The van der Waals surface area contributed by atoms with Crippen LogP contribution in [-0.4, -0.2) is 18.9 Å². The fraction of sp³-hybridized carbons (Fsp3) is 0.118. The summed E-state index contributed by atoms with van der Waals surface area (Å²) < 4.78 is 0. The summed E-state index contributed by atoms with van der Waals surface area (Å²) in [6.07, 6.45) is -0.262. The van der Waals surface area contributed by atoms with Gasteiger partial charge in [-0.1, -0.05) is 24.3 Å². The predicted molar refractivity (Wildman–Crippen MR) is 84.3 cm³/mol. The Morgan fingerprint density at radius 1 is 1.14 bits per heavy atom. The molecule has 0 fully saturated rings. The molecule has 0 aromatic heterocycles. The number of carbonyl (C=O) groups is 2. The molecule has 0 bridgehead atoms. The van der Waals surface area contributed by atoms with Crippen molar-refractivity contribution in [2.45, 2.75) is 6.42 Å². The summed E-state index contributed by atoms with van der Waals surface area (Å²) in [5.74, 6) is -0.719. The number of carbonyl (C=O) groups excluding carboxylic acids is 2. The van der Waals surface area contributed by atoms with Crippen LogP contribution in [-0.2, 0) is 9.59 Å². The van der Waals surface area contributed by atoms with E-state index in [-0.39, 0.29) is 12.3 Å². The van der Waals surface area contributed by atoms with Gasteiger partial charge in [0.15, 0.2) is 0 Å². The molecular weight excluding hydrogens is 278 g/mol. The average Bonchev–Trinajstić information content (AvgIpc) is 2.55. The normalized spacial score (nSPS) is 9.64. The molecule has 0 atom stereocenters. The topological polar surface area (TPSA) is 73.2 Å². The van der Waals surface area contributed by atoms with Crippen LogP contribution in [0.15, 0.2) is 54.6 Å². The zero-order valence-corrected chi connectivity index (χ0v) is 12.1. The smallest absolute Gasteiger partial charge is 0.236 e. The second-order valence-electron chi connectivity index (χ2n) is 4.71. The lowest BCUT2D eigenvalue weighted by molar-refractivity contribution is -0.125. The van der Waals surface area contributed by atoms with E-state index >= 15 is 0 Å². The van der Waals surface area contributed by atoms with Crippen molar-refractivity contribution >= 4 is 23.2 Å². The predicted octanol–water partition coefficient (Wildman–Crippen LogP) is 2.55. The maximum atomic E-state index is 12.1. The number of para-hydroxylation sites is 1. The van der Waals surface area contributed by atoms with Gasteiger partial charge in [0.1, 0.15) is 6.42 Å². The summed E-state index contributed by atoms with van der Waals surface area (Å²) in [5.41, 5.74) is 1.68. The van der Waals surface area contributed by atoms with Crippen LogP contribution in [0.25, 0.3) is 0 Å². The van der Waals surface area contributed by atoms with Crippen molar-refractivity contribution in [3.05, 3.63) is 60.2 Å². The third-order valence-corrected chi connectivity index (χ3v) is 3.10. The molecule has 0 aliphatic carbocycles. The molecule has 110 valence electrons. The number of nitrogens with zero attached hydrogens (tertiary/aromatic N) is 2. The minimum Gasteiger partial charge on any atom is -0.326 e. The number of amides is 2. The summed E-state index contributed by atoms with van der Waals surface area (Å²) >= 11 is 0.